The molecule has 1 aromatic rings. The maximum absolute atomic E-state index is 11.9. The van der Waals surface area contributed by atoms with Crippen LogP contribution in [0, 0.1) is 0 Å². The van der Waals surface area contributed by atoms with Gasteiger partial charge in [0.25, 0.3) is 0 Å². The fourth-order valence-corrected chi connectivity index (χ4v) is 2.15. The molecule has 0 saturated carbocycles. The number of likely N-dealkylation sites (N-methyl/N-ethyl adjacent to an activating group) is 1. The monoisotopic (exact) mass is 283 g/mol. The molecule has 1 rings (SSSR count). The Labute approximate surface area is 120 Å². The van der Waals surface area contributed by atoms with Crippen molar-refractivity contribution in [3.8, 4) is 0 Å². The van der Waals surface area contributed by atoms with Crippen molar-refractivity contribution in [2.75, 3.05) is 26.9 Å². The molecule has 1 unspecified atom stereocenters. The fraction of sp³-hybridized carbons (Fsp3) is 0.714. The molecule has 0 aliphatic carbocycles. The standard InChI is InChI=1S/C14H25N3O3/c1-6-17(11(3)10-19-5)9-13-12(8-15-16(13)4)14(18)20-7-2/h8,11H,6-7,9-10H2,1-5H3. The quantitative estimate of drug-likeness (QED) is 0.676. The van der Waals surface area contributed by atoms with Crippen molar-refractivity contribution in [1.29, 1.82) is 0 Å². The number of hydrogen-bond acceptors (Lipinski definition) is 5. The zero-order chi connectivity index (χ0) is 15.1. The Morgan fingerprint density at radius 3 is 2.75 bits per heavy atom. The lowest BCUT2D eigenvalue weighted by molar-refractivity contribution is 0.0521. The lowest BCUT2D eigenvalue weighted by atomic mass is 10.2. The summed E-state index contributed by atoms with van der Waals surface area (Å²) < 4.78 is 12.0. The Balaban J connectivity index is 2.89. The second kappa shape index (κ2) is 8.01. The van der Waals surface area contributed by atoms with Gasteiger partial charge in [-0.2, -0.15) is 5.10 Å². The lowest BCUT2D eigenvalue weighted by Gasteiger charge is -2.27. The van der Waals surface area contributed by atoms with Crippen LogP contribution in [-0.2, 0) is 23.1 Å². The van der Waals surface area contributed by atoms with Crippen LogP contribution in [0.2, 0.25) is 0 Å². The first kappa shape index (κ1) is 16.7. The van der Waals surface area contributed by atoms with Gasteiger partial charge in [0.05, 0.1) is 25.1 Å². The third kappa shape index (κ3) is 4.05. The van der Waals surface area contributed by atoms with Crippen LogP contribution in [0.25, 0.3) is 0 Å². The van der Waals surface area contributed by atoms with E-state index >= 15 is 0 Å². The van der Waals surface area contributed by atoms with Crippen LogP contribution in [0.1, 0.15) is 36.8 Å². The number of aryl methyl sites for hydroxylation is 1. The number of ether oxygens (including phenoxy) is 2. The Morgan fingerprint density at radius 1 is 1.50 bits per heavy atom. The van der Waals surface area contributed by atoms with Crippen LogP contribution in [-0.4, -0.2) is 53.6 Å². The molecule has 6 nitrogen and oxygen atoms in total. The van der Waals surface area contributed by atoms with Crippen LogP contribution in [0.5, 0.6) is 0 Å². The van der Waals surface area contributed by atoms with Gasteiger partial charge in [-0.05, 0) is 20.4 Å². The van der Waals surface area contributed by atoms with E-state index in [-0.39, 0.29) is 12.0 Å². The van der Waals surface area contributed by atoms with Gasteiger partial charge in [-0.3, -0.25) is 9.58 Å². The molecule has 0 radical (unpaired) electrons. The molecule has 20 heavy (non-hydrogen) atoms. The summed E-state index contributed by atoms with van der Waals surface area (Å²) in [4.78, 5) is 14.2. The molecule has 0 aromatic carbocycles. The molecule has 0 amide bonds. The van der Waals surface area contributed by atoms with Crippen LogP contribution in [0.4, 0.5) is 0 Å². The molecule has 0 N–H and O–H groups in total. The predicted octanol–water partition coefficient (Wildman–Crippen LogP) is 1.45. The van der Waals surface area contributed by atoms with E-state index in [2.05, 4.69) is 23.8 Å². The first-order chi connectivity index (χ1) is 9.54. The van der Waals surface area contributed by atoms with Crippen molar-refractivity contribution in [1.82, 2.24) is 14.7 Å². The number of carbonyl (C=O) groups excluding carboxylic acids is 1. The number of rotatable bonds is 8. The maximum Gasteiger partial charge on any atom is 0.341 e. The van der Waals surface area contributed by atoms with Gasteiger partial charge in [0.15, 0.2) is 0 Å². The van der Waals surface area contributed by atoms with E-state index in [9.17, 15) is 4.79 Å². The van der Waals surface area contributed by atoms with Gasteiger partial charge in [-0.1, -0.05) is 6.92 Å². The molecule has 0 saturated heterocycles. The Morgan fingerprint density at radius 2 is 2.20 bits per heavy atom. The van der Waals surface area contributed by atoms with Gasteiger partial charge in [0, 0.05) is 26.7 Å². The van der Waals surface area contributed by atoms with Crippen LogP contribution < -0.4 is 0 Å². The Hall–Kier alpha value is -1.40. The lowest BCUT2D eigenvalue weighted by Crippen LogP contribution is -2.36. The summed E-state index contributed by atoms with van der Waals surface area (Å²) >= 11 is 0. The number of carbonyl (C=O) groups is 1. The summed E-state index contributed by atoms with van der Waals surface area (Å²) in [6.07, 6.45) is 1.57. The molecular weight excluding hydrogens is 258 g/mol. The van der Waals surface area contributed by atoms with E-state index in [1.54, 1.807) is 24.9 Å². The summed E-state index contributed by atoms with van der Waals surface area (Å²) in [5.74, 6) is -0.314. The van der Waals surface area contributed by atoms with Gasteiger partial charge < -0.3 is 9.47 Å². The number of esters is 1. The number of methoxy groups -OCH3 is 1. The zero-order valence-electron chi connectivity index (χ0n) is 13.0. The van der Waals surface area contributed by atoms with Crippen molar-refractivity contribution >= 4 is 5.97 Å². The predicted molar refractivity (Wildman–Crippen MR) is 76.6 cm³/mol. The molecule has 0 bridgehead atoms. The second-order valence-corrected chi connectivity index (χ2v) is 4.72. The maximum atomic E-state index is 11.9. The van der Waals surface area contributed by atoms with E-state index in [4.69, 9.17) is 9.47 Å². The van der Waals surface area contributed by atoms with Gasteiger partial charge in [-0.25, -0.2) is 4.79 Å². The van der Waals surface area contributed by atoms with Gasteiger partial charge in [0.2, 0.25) is 0 Å². The van der Waals surface area contributed by atoms with Gasteiger partial charge >= 0.3 is 5.97 Å². The van der Waals surface area contributed by atoms with E-state index in [1.165, 1.54) is 0 Å². The first-order valence-electron chi connectivity index (χ1n) is 6.96. The Kier molecular flexibility index (Phi) is 6.67. The van der Waals surface area contributed by atoms with Crippen molar-refractivity contribution < 1.29 is 14.3 Å². The molecule has 1 aromatic heterocycles. The van der Waals surface area contributed by atoms with E-state index in [0.717, 1.165) is 12.2 Å². The van der Waals surface area contributed by atoms with Crippen LogP contribution in [0.15, 0.2) is 6.20 Å². The molecule has 1 heterocycles. The van der Waals surface area contributed by atoms with Crippen molar-refractivity contribution in [3.05, 3.63) is 17.5 Å². The SMILES string of the molecule is CCOC(=O)c1cnn(C)c1CN(CC)C(C)COC. The highest BCUT2D eigenvalue weighted by Gasteiger charge is 2.21. The zero-order valence-corrected chi connectivity index (χ0v) is 13.0. The molecular formula is C14H25N3O3. The summed E-state index contributed by atoms with van der Waals surface area (Å²) in [6, 6.07) is 0.273. The topological polar surface area (TPSA) is 56.6 Å². The smallest absolute Gasteiger partial charge is 0.341 e. The average Bonchev–Trinajstić information content (AvgIpc) is 2.77. The highest BCUT2D eigenvalue weighted by molar-refractivity contribution is 5.90. The Bertz CT molecular complexity index is 431. The minimum Gasteiger partial charge on any atom is -0.462 e. The molecule has 0 aliphatic heterocycles. The van der Waals surface area contributed by atoms with Crippen LogP contribution in [0.3, 0.4) is 0 Å². The van der Waals surface area contributed by atoms with Gasteiger partial charge in [0.1, 0.15) is 5.56 Å². The van der Waals surface area contributed by atoms with E-state index in [0.29, 0.717) is 25.3 Å². The molecule has 1 atom stereocenters. The highest BCUT2D eigenvalue weighted by Crippen LogP contribution is 2.14. The summed E-state index contributed by atoms with van der Waals surface area (Å²) in [6.45, 7) is 8.53. The largest absolute Gasteiger partial charge is 0.462 e. The van der Waals surface area contributed by atoms with Crippen molar-refractivity contribution in [3.63, 3.8) is 0 Å². The fourth-order valence-electron chi connectivity index (χ4n) is 2.15. The molecule has 6 heteroatoms. The molecule has 0 spiro atoms. The summed E-state index contributed by atoms with van der Waals surface area (Å²) in [7, 11) is 3.53. The number of nitrogens with zero attached hydrogens (tertiary/aromatic N) is 3. The third-order valence-corrected chi connectivity index (χ3v) is 3.35. The summed E-state index contributed by atoms with van der Waals surface area (Å²) in [5, 5.41) is 4.17. The average molecular weight is 283 g/mol. The minimum atomic E-state index is -0.314. The van der Waals surface area contributed by atoms with Crippen molar-refractivity contribution in [2.24, 2.45) is 7.05 Å². The van der Waals surface area contributed by atoms with E-state index in [1.807, 2.05) is 7.05 Å². The molecule has 0 fully saturated rings. The van der Waals surface area contributed by atoms with Gasteiger partial charge in [-0.15, -0.1) is 0 Å². The normalized spacial score (nSPS) is 12.7. The number of hydrogen-bond donors (Lipinski definition) is 0. The second-order valence-electron chi connectivity index (χ2n) is 4.72. The van der Waals surface area contributed by atoms with E-state index < -0.39 is 0 Å². The number of aromatic nitrogens is 2. The molecule has 114 valence electrons. The molecule has 0 aliphatic rings. The minimum absolute atomic E-state index is 0.273. The highest BCUT2D eigenvalue weighted by atomic mass is 16.5. The van der Waals surface area contributed by atoms with Crippen LogP contribution >= 0.6 is 0 Å². The third-order valence-electron chi connectivity index (χ3n) is 3.35. The first-order valence-corrected chi connectivity index (χ1v) is 6.96. The van der Waals surface area contributed by atoms with Crippen molar-refractivity contribution in [2.45, 2.75) is 33.4 Å². The summed E-state index contributed by atoms with van der Waals surface area (Å²) in [5.41, 5.74) is 1.41.